The lowest BCUT2D eigenvalue weighted by Gasteiger charge is -2.47. The summed E-state index contributed by atoms with van der Waals surface area (Å²) in [5.41, 5.74) is 5.47. The molecular weight excluding hydrogens is 454 g/mol. The van der Waals surface area contributed by atoms with E-state index < -0.39 is 0 Å². The van der Waals surface area contributed by atoms with Crippen molar-refractivity contribution in [2.75, 3.05) is 26.9 Å². The molecule has 3 aromatic rings. The van der Waals surface area contributed by atoms with Crippen molar-refractivity contribution in [3.8, 4) is 16.9 Å². The maximum atomic E-state index is 13.4. The number of hydrogen-bond acceptors (Lipinski definition) is 5. The van der Waals surface area contributed by atoms with E-state index in [1.54, 1.807) is 7.11 Å². The van der Waals surface area contributed by atoms with Crippen molar-refractivity contribution in [3.63, 3.8) is 0 Å². The Labute approximate surface area is 210 Å². The van der Waals surface area contributed by atoms with E-state index in [0.717, 1.165) is 5.75 Å². The second kappa shape index (κ2) is 9.43. The first-order valence-electron chi connectivity index (χ1n) is 12.5. The molecule has 0 radical (unpaired) electrons. The second-order valence-electron chi connectivity index (χ2n) is 9.82. The molecule has 1 aliphatic carbocycles. The van der Waals surface area contributed by atoms with Crippen LogP contribution in [0.15, 0.2) is 72.8 Å². The smallest absolute Gasteiger partial charge is 0.410 e. The summed E-state index contributed by atoms with van der Waals surface area (Å²) in [5.74, 6) is 0.713. The molecule has 2 fully saturated rings. The zero-order valence-corrected chi connectivity index (χ0v) is 20.3. The fraction of sp³-hybridized carbons (Fsp3) is 0.333. The van der Waals surface area contributed by atoms with Crippen molar-refractivity contribution in [2.24, 2.45) is 5.92 Å². The number of benzene rings is 3. The molecule has 6 heteroatoms. The highest BCUT2D eigenvalue weighted by atomic mass is 16.6. The van der Waals surface area contributed by atoms with Gasteiger partial charge in [0.25, 0.3) is 0 Å². The first kappa shape index (κ1) is 22.8. The maximum absolute atomic E-state index is 13.4. The molecule has 0 aromatic heterocycles. The van der Waals surface area contributed by atoms with E-state index in [4.69, 9.17) is 14.2 Å². The SMILES string of the molecule is COc1ccc(C(=O)C2CC3COCC(C2)N3C(=O)OCC2c3ccccc3-c3ccccc32)cc1. The predicted octanol–water partition coefficient (Wildman–Crippen LogP) is 5.31. The van der Waals surface area contributed by atoms with Gasteiger partial charge < -0.3 is 14.2 Å². The lowest BCUT2D eigenvalue weighted by Crippen LogP contribution is -2.60. The molecule has 1 amide bonds. The molecule has 2 atom stereocenters. The normalized spacial score (nSPS) is 22.5. The Hall–Kier alpha value is -3.64. The Bertz CT molecular complexity index is 1230. The van der Waals surface area contributed by atoms with Gasteiger partial charge in [0, 0.05) is 17.4 Å². The van der Waals surface area contributed by atoms with Crippen LogP contribution >= 0.6 is 0 Å². The molecule has 184 valence electrons. The number of hydrogen-bond donors (Lipinski definition) is 0. The van der Waals surface area contributed by atoms with Gasteiger partial charge in [-0.1, -0.05) is 48.5 Å². The van der Waals surface area contributed by atoms with Crippen LogP contribution in [0.2, 0.25) is 0 Å². The summed E-state index contributed by atoms with van der Waals surface area (Å²) in [6.07, 6.45) is 0.836. The monoisotopic (exact) mass is 483 g/mol. The van der Waals surface area contributed by atoms with E-state index >= 15 is 0 Å². The molecule has 2 saturated heterocycles. The summed E-state index contributed by atoms with van der Waals surface area (Å²) in [5, 5.41) is 0. The van der Waals surface area contributed by atoms with Gasteiger partial charge in [0.15, 0.2) is 5.78 Å². The summed E-state index contributed by atoms with van der Waals surface area (Å²) >= 11 is 0. The van der Waals surface area contributed by atoms with E-state index in [-0.39, 0.29) is 42.4 Å². The minimum Gasteiger partial charge on any atom is -0.497 e. The first-order chi connectivity index (χ1) is 17.6. The van der Waals surface area contributed by atoms with Crippen LogP contribution in [0.25, 0.3) is 11.1 Å². The Morgan fingerprint density at radius 1 is 0.861 bits per heavy atom. The van der Waals surface area contributed by atoms with Crippen LogP contribution in [0.3, 0.4) is 0 Å². The van der Waals surface area contributed by atoms with Gasteiger partial charge in [-0.25, -0.2) is 4.79 Å². The third-order valence-corrected chi connectivity index (χ3v) is 7.81. The zero-order valence-electron chi connectivity index (χ0n) is 20.3. The highest BCUT2D eigenvalue weighted by molar-refractivity contribution is 5.98. The number of methoxy groups -OCH3 is 1. The molecule has 6 rings (SSSR count). The first-order valence-corrected chi connectivity index (χ1v) is 12.5. The van der Waals surface area contributed by atoms with E-state index in [0.29, 0.717) is 31.6 Å². The van der Waals surface area contributed by atoms with E-state index in [9.17, 15) is 9.59 Å². The topological polar surface area (TPSA) is 65.1 Å². The predicted molar refractivity (Wildman–Crippen MR) is 135 cm³/mol. The van der Waals surface area contributed by atoms with Gasteiger partial charge in [0.05, 0.1) is 32.4 Å². The summed E-state index contributed by atoms with van der Waals surface area (Å²) < 4.78 is 16.9. The zero-order chi connectivity index (χ0) is 24.6. The summed E-state index contributed by atoms with van der Waals surface area (Å²) in [4.78, 5) is 28.4. The van der Waals surface area contributed by atoms with Crippen LogP contribution in [-0.2, 0) is 9.47 Å². The van der Waals surface area contributed by atoms with Gasteiger partial charge in [-0.3, -0.25) is 9.69 Å². The number of morpholine rings is 1. The standard InChI is InChI=1S/C30H29NO5/c1-34-23-12-10-19(11-13-23)29(32)20-14-21-16-35-17-22(15-20)31(21)30(33)36-18-28-26-8-4-2-6-24(26)25-7-3-5-9-27(25)28/h2-13,20-22,28H,14-18H2,1H3. The van der Waals surface area contributed by atoms with Crippen LogP contribution in [-0.4, -0.2) is 55.8 Å². The quantitative estimate of drug-likeness (QED) is 0.461. The molecule has 0 saturated carbocycles. The number of rotatable bonds is 5. The number of fused-ring (bicyclic) bond motifs is 5. The molecule has 3 aromatic carbocycles. The second-order valence-corrected chi connectivity index (χ2v) is 9.82. The Balaban J connectivity index is 1.15. The maximum Gasteiger partial charge on any atom is 0.410 e. The molecule has 2 unspecified atom stereocenters. The van der Waals surface area contributed by atoms with Crippen LogP contribution in [0, 0.1) is 5.92 Å². The van der Waals surface area contributed by atoms with Crippen LogP contribution in [0.4, 0.5) is 4.79 Å². The van der Waals surface area contributed by atoms with Gasteiger partial charge in [-0.15, -0.1) is 0 Å². The minimum atomic E-state index is -0.314. The Kier molecular flexibility index (Phi) is 5.97. The molecule has 3 aliphatic rings. The van der Waals surface area contributed by atoms with Gasteiger partial charge in [0.2, 0.25) is 0 Å². The van der Waals surface area contributed by atoms with E-state index in [1.807, 2.05) is 53.4 Å². The number of ketones is 1. The molecule has 0 N–H and O–H groups in total. The van der Waals surface area contributed by atoms with Crippen molar-refractivity contribution in [1.29, 1.82) is 0 Å². The number of carbonyl (C=O) groups excluding carboxylic acids is 2. The summed E-state index contributed by atoms with van der Waals surface area (Å²) in [7, 11) is 1.61. The van der Waals surface area contributed by atoms with E-state index in [2.05, 4.69) is 24.3 Å². The number of carbonyl (C=O) groups is 2. The van der Waals surface area contributed by atoms with Crippen LogP contribution in [0.5, 0.6) is 5.75 Å². The summed E-state index contributed by atoms with van der Waals surface area (Å²) in [6.45, 7) is 1.14. The number of amides is 1. The Morgan fingerprint density at radius 3 is 2.03 bits per heavy atom. The molecule has 2 aliphatic heterocycles. The Morgan fingerprint density at radius 2 is 1.44 bits per heavy atom. The molecule has 2 heterocycles. The highest BCUT2D eigenvalue weighted by Crippen LogP contribution is 2.44. The van der Waals surface area contributed by atoms with Crippen molar-refractivity contribution in [1.82, 2.24) is 4.90 Å². The molecular formula is C30H29NO5. The number of ether oxygens (including phenoxy) is 3. The van der Waals surface area contributed by atoms with Crippen molar-refractivity contribution in [2.45, 2.75) is 30.8 Å². The average molecular weight is 484 g/mol. The fourth-order valence-electron chi connectivity index (χ4n) is 6.09. The van der Waals surface area contributed by atoms with Crippen LogP contribution < -0.4 is 4.74 Å². The van der Waals surface area contributed by atoms with Crippen molar-refractivity contribution < 1.29 is 23.8 Å². The molecule has 6 nitrogen and oxygen atoms in total. The fourth-order valence-corrected chi connectivity index (χ4v) is 6.09. The van der Waals surface area contributed by atoms with Crippen LogP contribution in [0.1, 0.15) is 40.2 Å². The number of piperidine rings is 1. The third kappa shape index (κ3) is 3.95. The minimum absolute atomic E-state index is 0.0200. The van der Waals surface area contributed by atoms with Crippen molar-refractivity contribution >= 4 is 11.9 Å². The average Bonchev–Trinajstić information content (AvgIpc) is 3.24. The molecule has 36 heavy (non-hydrogen) atoms. The van der Waals surface area contributed by atoms with Gasteiger partial charge >= 0.3 is 6.09 Å². The van der Waals surface area contributed by atoms with Crippen molar-refractivity contribution in [3.05, 3.63) is 89.5 Å². The number of nitrogens with zero attached hydrogens (tertiary/aromatic N) is 1. The largest absolute Gasteiger partial charge is 0.497 e. The van der Waals surface area contributed by atoms with Gasteiger partial charge in [0.1, 0.15) is 12.4 Å². The molecule has 0 spiro atoms. The van der Waals surface area contributed by atoms with Gasteiger partial charge in [-0.2, -0.15) is 0 Å². The lowest BCUT2D eigenvalue weighted by molar-refractivity contribution is -0.0747. The number of Topliss-reactive ketones (excluding diaryl/α,β-unsaturated/α-hetero) is 1. The van der Waals surface area contributed by atoms with E-state index in [1.165, 1.54) is 22.3 Å². The molecule has 2 bridgehead atoms. The van der Waals surface area contributed by atoms with Gasteiger partial charge in [-0.05, 0) is 59.4 Å². The summed E-state index contributed by atoms with van der Waals surface area (Å²) in [6, 6.07) is 23.6. The lowest BCUT2D eigenvalue weighted by atomic mass is 9.81. The highest BCUT2D eigenvalue weighted by Gasteiger charge is 2.45. The third-order valence-electron chi connectivity index (χ3n) is 7.81.